The summed E-state index contributed by atoms with van der Waals surface area (Å²) in [5, 5.41) is 14.4. The van der Waals surface area contributed by atoms with E-state index in [-0.39, 0.29) is 29.2 Å². The summed E-state index contributed by atoms with van der Waals surface area (Å²) in [4.78, 5) is 35.8. The number of urea groups is 1. The Balaban J connectivity index is 2.00. The lowest BCUT2D eigenvalue weighted by Crippen LogP contribution is -2.39. The van der Waals surface area contributed by atoms with Crippen molar-refractivity contribution in [2.24, 2.45) is 0 Å². The fraction of sp³-hybridized carbons (Fsp3) is 0.357. The van der Waals surface area contributed by atoms with Crippen LogP contribution in [0.25, 0.3) is 0 Å². The van der Waals surface area contributed by atoms with Gasteiger partial charge in [-0.05, 0) is 18.6 Å². The number of hydrogen-bond acceptors (Lipinski definition) is 3. The third kappa shape index (κ3) is 3.71. The van der Waals surface area contributed by atoms with Crippen LogP contribution in [-0.4, -0.2) is 47.0 Å². The first-order valence-corrected chi connectivity index (χ1v) is 6.62. The number of aromatic carboxylic acids is 1. The number of nitrogens with one attached hydrogen (secondary N) is 2. The Kier molecular flexibility index (Phi) is 4.42. The highest BCUT2D eigenvalue weighted by atomic mass is 16.4. The van der Waals surface area contributed by atoms with Crippen LogP contribution in [0.3, 0.4) is 0 Å². The molecule has 1 aromatic rings. The van der Waals surface area contributed by atoms with Gasteiger partial charge in [0.25, 0.3) is 0 Å². The van der Waals surface area contributed by atoms with Gasteiger partial charge in [-0.1, -0.05) is 12.1 Å². The maximum absolute atomic E-state index is 12.1. The Morgan fingerprint density at radius 1 is 1.29 bits per heavy atom. The van der Waals surface area contributed by atoms with Gasteiger partial charge in [-0.2, -0.15) is 0 Å². The van der Waals surface area contributed by atoms with Crippen LogP contribution in [0.4, 0.5) is 10.5 Å². The second kappa shape index (κ2) is 6.25. The molecule has 0 bridgehead atoms. The van der Waals surface area contributed by atoms with E-state index in [4.69, 9.17) is 5.11 Å². The van der Waals surface area contributed by atoms with Crippen LogP contribution >= 0.6 is 0 Å². The summed E-state index contributed by atoms with van der Waals surface area (Å²) in [7, 11) is 0. The van der Waals surface area contributed by atoms with E-state index >= 15 is 0 Å². The summed E-state index contributed by atoms with van der Waals surface area (Å²) >= 11 is 0. The zero-order valence-corrected chi connectivity index (χ0v) is 11.6. The van der Waals surface area contributed by atoms with Gasteiger partial charge in [0, 0.05) is 26.1 Å². The summed E-state index contributed by atoms with van der Waals surface area (Å²) in [6.07, 6.45) is 0.688. The molecule has 1 aliphatic rings. The lowest BCUT2D eigenvalue weighted by molar-refractivity contribution is -0.119. The van der Waals surface area contributed by atoms with Crippen LogP contribution in [0.2, 0.25) is 0 Å². The van der Waals surface area contributed by atoms with Crippen LogP contribution in [0, 0.1) is 0 Å². The Morgan fingerprint density at radius 2 is 2.00 bits per heavy atom. The lowest BCUT2D eigenvalue weighted by atomic mass is 10.2. The first-order valence-electron chi connectivity index (χ1n) is 6.62. The van der Waals surface area contributed by atoms with Gasteiger partial charge in [0.1, 0.15) is 0 Å². The maximum atomic E-state index is 12.1. The minimum atomic E-state index is -1.09. The quantitative estimate of drug-likeness (QED) is 0.777. The number of carboxylic acid groups (broad SMARTS) is 1. The number of nitrogens with zero attached hydrogens (tertiary/aromatic N) is 1. The van der Waals surface area contributed by atoms with Crippen molar-refractivity contribution in [2.75, 3.05) is 18.4 Å². The number of likely N-dealkylation sites (tertiary alicyclic amines) is 1. The van der Waals surface area contributed by atoms with Crippen molar-refractivity contribution >= 4 is 23.6 Å². The molecule has 1 aliphatic heterocycles. The standard InChI is InChI=1S/C14H17N3O4/c1-9(18)15-10-6-7-17(8-10)14(21)16-12-5-3-2-4-11(12)13(19)20/h2-5,10H,6-8H2,1H3,(H,15,18)(H,16,21)(H,19,20). The van der Waals surface area contributed by atoms with Gasteiger partial charge >= 0.3 is 12.0 Å². The van der Waals surface area contributed by atoms with Gasteiger partial charge in [0.2, 0.25) is 5.91 Å². The van der Waals surface area contributed by atoms with Crippen LogP contribution in [0.5, 0.6) is 0 Å². The Morgan fingerprint density at radius 3 is 2.67 bits per heavy atom. The molecule has 1 aromatic carbocycles. The van der Waals surface area contributed by atoms with E-state index in [1.165, 1.54) is 13.0 Å². The topological polar surface area (TPSA) is 98.7 Å². The number of benzene rings is 1. The van der Waals surface area contributed by atoms with Gasteiger partial charge < -0.3 is 20.6 Å². The molecule has 7 heteroatoms. The molecular weight excluding hydrogens is 274 g/mol. The second-order valence-electron chi connectivity index (χ2n) is 4.91. The molecule has 1 saturated heterocycles. The van der Waals surface area contributed by atoms with Crippen molar-refractivity contribution < 1.29 is 19.5 Å². The molecule has 3 amide bonds. The summed E-state index contributed by atoms with van der Waals surface area (Å²) in [6.45, 7) is 2.37. The first-order chi connectivity index (χ1) is 9.97. The summed E-state index contributed by atoms with van der Waals surface area (Å²) in [6, 6.07) is 5.82. The third-order valence-corrected chi connectivity index (χ3v) is 3.28. The van der Waals surface area contributed by atoms with Crippen LogP contribution in [0.1, 0.15) is 23.7 Å². The molecule has 1 heterocycles. The van der Waals surface area contributed by atoms with E-state index in [0.29, 0.717) is 19.5 Å². The maximum Gasteiger partial charge on any atom is 0.337 e. The van der Waals surface area contributed by atoms with E-state index in [9.17, 15) is 14.4 Å². The zero-order chi connectivity index (χ0) is 15.4. The fourth-order valence-corrected chi connectivity index (χ4v) is 2.32. The molecule has 1 atom stereocenters. The van der Waals surface area contributed by atoms with Crippen LogP contribution in [-0.2, 0) is 4.79 Å². The van der Waals surface area contributed by atoms with Crippen molar-refractivity contribution in [2.45, 2.75) is 19.4 Å². The number of para-hydroxylation sites is 1. The van der Waals surface area contributed by atoms with Crippen molar-refractivity contribution in [3.05, 3.63) is 29.8 Å². The summed E-state index contributed by atoms with van der Waals surface area (Å²) < 4.78 is 0. The van der Waals surface area contributed by atoms with Crippen molar-refractivity contribution in [1.82, 2.24) is 10.2 Å². The van der Waals surface area contributed by atoms with E-state index in [1.807, 2.05) is 0 Å². The van der Waals surface area contributed by atoms with Crippen molar-refractivity contribution in [3.63, 3.8) is 0 Å². The number of carboxylic acids is 1. The van der Waals surface area contributed by atoms with Crippen LogP contribution in [0.15, 0.2) is 24.3 Å². The summed E-state index contributed by atoms with van der Waals surface area (Å²) in [5.74, 6) is -1.22. The van der Waals surface area contributed by atoms with Crippen molar-refractivity contribution in [3.8, 4) is 0 Å². The van der Waals surface area contributed by atoms with Gasteiger partial charge in [0.05, 0.1) is 11.3 Å². The minimum absolute atomic E-state index is 0.0449. The SMILES string of the molecule is CC(=O)NC1CCN(C(=O)Nc2ccccc2C(=O)O)C1. The lowest BCUT2D eigenvalue weighted by Gasteiger charge is -2.18. The van der Waals surface area contributed by atoms with Crippen molar-refractivity contribution in [1.29, 1.82) is 0 Å². The molecule has 3 N–H and O–H groups in total. The average Bonchev–Trinajstić information content (AvgIpc) is 2.86. The molecule has 0 aliphatic carbocycles. The number of carbonyl (C=O) groups excluding carboxylic acids is 2. The smallest absolute Gasteiger partial charge is 0.337 e. The summed E-state index contributed by atoms with van der Waals surface area (Å²) in [5.41, 5.74) is 0.307. The minimum Gasteiger partial charge on any atom is -0.478 e. The number of anilines is 1. The zero-order valence-electron chi connectivity index (χ0n) is 11.6. The number of rotatable bonds is 3. The highest BCUT2D eigenvalue weighted by Gasteiger charge is 2.27. The molecule has 0 spiro atoms. The monoisotopic (exact) mass is 291 g/mol. The average molecular weight is 291 g/mol. The van der Waals surface area contributed by atoms with E-state index < -0.39 is 5.97 Å². The molecule has 0 aromatic heterocycles. The van der Waals surface area contributed by atoms with Gasteiger partial charge in [0.15, 0.2) is 0 Å². The fourth-order valence-electron chi connectivity index (χ4n) is 2.32. The Bertz CT molecular complexity index is 573. The predicted molar refractivity (Wildman–Crippen MR) is 76.2 cm³/mol. The van der Waals surface area contributed by atoms with Crippen LogP contribution < -0.4 is 10.6 Å². The molecule has 7 nitrogen and oxygen atoms in total. The third-order valence-electron chi connectivity index (χ3n) is 3.28. The molecule has 1 fully saturated rings. The predicted octanol–water partition coefficient (Wildman–Crippen LogP) is 1.13. The number of hydrogen-bond donors (Lipinski definition) is 3. The number of amides is 3. The molecule has 2 rings (SSSR count). The largest absolute Gasteiger partial charge is 0.478 e. The molecule has 0 radical (unpaired) electrons. The second-order valence-corrected chi connectivity index (χ2v) is 4.91. The van der Waals surface area contributed by atoms with E-state index in [2.05, 4.69) is 10.6 Å². The molecule has 21 heavy (non-hydrogen) atoms. The van der Waals surface area contributed by atoms with Gasteiger partial charge in [-0.3, -0.25) is 4.79 Å². The molecule has 1 unspecified atom stereocenters. The molecule has 112 valence electrons. The Labute approximate surface area is 121 Å². The number of carbonyl (C=O) groups is 3. The highest BCUT2D eigenvalue weighted by Crippen LogP contribution is 2.17. The molecule has 0 saturated carbocycles. The Hall–Kier alpha value is -2.57. The van der Waals surface area contributed by atoms with Gasteiger partial charge in [-0.25, -0.2) is 9.59 Å². The first kappa shape index (κ1) is 14.8. The van der Waals surface area contributed by atoms with E-state index in [0.717, 1.165) is 0 Å². The van der Waals surface area contributed by atoms with E-state index in [1.54, 1.807) is 23.1 Å². The normalized spacial score (nSPS) is 17.4. The highest BCUT2D eigenvalue weighted by molar-refractivity contribution is 6.00. The van der Waals surface area contributed by atoms with Gasteiger partial charge in [-0.15, -0.1) is 0 Å². The molecular formula is C14H17N3O4.